The molecule has 0 unspecified atom stereocenters. The van der Waals surface area contributed by atoms with Gasteiger partial charge in [0.25, 0.3) is 5.69 Å². The van der Waals surface area contributed by atoms with E-state index in [-0.39, 0.29) is 5.69 Å². The van der Waals surface area contributed by atoms with Crippen molar-refractivity contribution >= 4 is 35.7 Å². The van der Waals surface area contributed by atoms with Crippen molar-refractivity contribution in [3.05, 3.63) is 99.4 Å². The average molecular weight is 371 g/mol. The predicted octanol–water partition coefficient (Wildman–Crippen LogP) is 5.40. The minimum absolute atomic E-state index is 0.0843. The van der Waals surface area contributed by atoms with Crippen molar-refractivity contribution < 1.29 is 4.92 Å². The van der Waals surface area contributed by atoms with Gasteiger partial charge in [0, 0.05) is 31.9 Å². The number of hydrogen-bond donors (Lipinski definition) is 0. The standard InChI is InChI=1S/C23H21N3O2/c1-25(2)22-14-8-18(9-15-22)6-12-20-4-3-5-21(24-20)13-7-19-10-16-23(17-11-19)26(27)28/h3-17H,1-2H3/b12-6+,13-7+. The van der Waals surface area contributed by atoms with E-state index in [1.807, 2.05) is 56.6 Å². The van der Waals surface area contributed by atoms with Crippen molar-refractivity contribution in [1.29, 1.82) is 0 Å². The maximum atomic E-state index is 10.7. The summed E-state index contributed by atoms with van der Waals surface area (Å²) in [7, 11) is 4.04. The molecule has 0 radical (unpaired) electrons. The van der Waals surface area contributed by atoms with Gasteiger partial charge in [-0.3, -0.25) is 10.1 Å². The lowest BCUT2D eigenvalue weighted by molar-refractivity contribution is -0.384. The molecule has 0 aliphatic rings. The molecule has 0 aliphatic heterocycles. The van der Waals surface area contributed by atoms with Gasteiger partial charge in [0.05, 0.1) is 16.3 Å². The summed E-state index contributed by atoms with van der Waals surface area (Å²) in [4.78, 5) is 17.0. The van der Waals surface area contributed by atoms with Crippen LogP contribution in [0.15, 0.2) is 66.7 Å². The van der Waals surface area contributed by atoms with Crippen LogP contribution in [-0.4, -0.2) is 24.0 Å². The second-order valence-electron chi connectivity index (χ2n) is 6.49. The van der Waals surface area contributed by atoms with Crippen LogP contribution >= 0.6 is 0 Å². The molecule has 140 valence electrons. The van der Waals surface area contributed by atoms with Gasteiger partial charge in [-0.25, -0.2) is 4.98 Å². The lowest BCUT2D eigenvalue weighted by atomic mass is 10.1. The van der Waals surface area contributed by atoms with Gasteiger partial charge in [0.1, 0.15) is 0 Å². The molecule has 28 heavy (non-hydrogen) atoms. The first-order chi connectivity index (χ1) is 13.5. The van der Waals surface area contributed by atoms with Crippen molar-refractivity contribution in [3.8, 4) is 0 Å². The van der Waals surface area contributed by atoms with E-state index in [0.717, 1.165) is 28.2 Å². The third-order valence-corrected chi connectivity index (χ3v) is 4.20. The van der Waals surface area contributed by atoms with Crippen LogP contribution in [0.2, 0.25) is 0 Å². The Hall–Kier alpha value is -3.73. The Morgan fingerprint density at radius 1 is 0.786 bits per heavy atom. The maximum absolute atomic E-state index is 10.7. The van der Waals surface area contributed by atoms with Crippen molar-refractivity contribution in [2.24, 2.45) is 0 Å². The molecule has 2 aromatic carbocycles. The Bertz CT molecular complexity index is 1000. The van der Waals surface area contributed by atoms with E-state index < -0.39 is 4.92 Å². The lowest BCUT2D eigenvalue weighted by Crippen LogP contribution is -2.07. The zero-order valence-corrected chi connectivity index (χ0v) is 15.8. The third-order valence-electron chi connectivity index (χ3n) is 4.20. The summed E-state index contributed by atoms with van der Waals surface area (Å²) in [5, 5.41) is 10.7. The van der Waals surface area contributed by atoms with Crippen LogP contribution in [0.5, 0.6) is 0 Å². The van der Waals surface area contributed by atoms with Crippen LogP contribution < -0.4 is 4.90 Å². The highest BCUT2D eigenvalue weighted by Gasteiger charge is 2.02. The molecular weight excluding hydrogens is 350 g/mol. The maximum Gasteiger partial charge on any atom is 0.269 e. The van der Waals surface area contributed by atoms with E-state index in [1.54, 1.807) is 12.1 Å². The number of benzene rings is 2. The van der Waals surface area contributed by atoms with Crippen molar-refractivity contribution in [2.45, 2.75) is 0 Å². The van der Waals surface area contributed by atoms with Crippen LogP contribution in [0, 0.1) is 10.1 Å². The molecule has 0 atom stereocenters. The summed E-state index contributed by atoms with van der Waals surface area (Å²) >= 11 is 0. The Morgan fingerprint density at radius 2 is 1.29 bits per heavy atom. The normalized spacial score (nSPS) is 11.2. The number of pyridine rings is 1. The van der Waals surface area contributed by atoms with Crippen LogP contribution in [-0.2, 0) is 0 Å². The predicted molar refractivity (Wildman–Crippen MR) is 116 cm³/mol. The zero-order valence-electron chi connectivity index (χ0n) is 15.8. The van der Waals surface area contributed by atoms with Gasteiger partial charge in [-0.05, 0) is 59.7 Å². The molecule has 1 aromatic heterocycles. The second-order valence-corrected chi connectivity index (χ2v) is 6.49. The Balaban J connectivity index is 1.70. The molecular formula is C23H21N3O2. The number of nitrogens with zero attached hydrogens (tertiary/aromatic N) is 3. The summed E-state index contributed by atoms with van der Waals surface area (Å²) in [6.45, 7) is 0. The summed E-state index contributed by atoms with van der Waals surface area (Å²) in [6, 6.07) is 20.6. The number of nitro groups is 1. The molecule has 5 heteroatoms. The fourth-order valence-corrected chi connectivity index (χ4v) is 2.61. The smallest absolute Gasteiger partial charge is 0.269 e. The first kappa shape index (κ1) is 19.0. The molecule has 0 amide bonds. The zero-order chi connectivity index (χ0) is 19.9. The molecule has 1 heterocycles. The second kappa shape index (κ2) is 8.77. The Kier molecular flexibility index (Phi) is 5.97. The van der Waals surface area contributed by atoms with Gasteiger partial charge in [-0.2, -0.15) is 0 Å². The average Bonchev–Trinajstić information content (AvgIpc) is 2.71. The first-order valence-corrected chi connectivity index (χ1v) is 8.86. The fourth-order valence-electron chi connectivity index (χ4n) is 2.61. The number of nitro benzene ring substituents is 1. The van der Waals surface area contributed by atoms with Gasteiger partial charge in [-0.1, -0.05) is 30.4 Å². The Morgan fingerprint density at radius 3 is 1.75 bits per heavy atom. The van der Waals surface area contributed by atoms with Gasteiger partial charge in [-0.15, -0.1) is 0 Å². The van der Waals surface area contributed by atoms with Crippen molar-refractivity contribution in [1.82, 2.24) is 4.98 Å². The summed E-state index contributed by atoms with van der Waals surface area (Å²) < 4.78 is 0. The monoisotopic (exact) mass is 371 g/mol. The van der Waals surface area contributed by atoms with Gasteiger partial charge in [0.15, 0.2) is 0 Å². The van der Waals surface area contributed by atoms with E-state index in [4.69, 9.17) is 0 Å². The molecule has 0 bridgehead atoms. The quantitative estimate of drug-likeness (QED) is 0.430. The van der Waals surface area contributed by atoms with E-state index in [1.165, 1.54) is 12.1 Å². The molecule has 3 rings (SSSR count). The third kappa shape index (κ3) is 5.14. The van der Waals surface area contributed by atoms with Crippen LogP contribution in [0.25, 0.3) is 24.3 Å². The lowest BCUT2D eigenvalue weighted by Gasteiger charge is -2.11. The molecule has 0 saturated heterocycles. The highest BCUT2D eigenvalue weighted by Crippen LogP contribution is 2.16. The number of rotatable bonds is 6. The minimum atomic E-state index is -0.404. The Labute approximate surface area is 164 Å². The molecule has 0 fully saturated rings. The largest absolute Gasteiger partial charge is 0.378 e. The first-order valence-electron chi connectivity index (χ1n) is 8.86. The molecule has 0 saturated carbocycles. The minimum Gasteiger partial charge on any atom is -0.378 e. The van der Waals surface area contributed by atoms with Crippen LogP contribution in [0.4, 0.5) is 11.4 Å². The molecule has 0 spiro atoms. The molecule has 0 aliphatic carbocycles. The fraction of sp³-hybridized carbons (Fsp3) is 0.0870. The molecule has 0 N–H and O–H groups in total. The topological polar surface area (TPSA) is 59.3 Å². The van der Waals surface area contributed by atoms with Gasteiger partial charge >= 0.3 is 0 Å². The van der Waals surface area contributed by atoms with E-state index in [2.05, 4.69) is 34.1 Å². The number of anilines is 1. The number of aromatic nitrogens is 1. The molecule has 3 aromatic rings. The van der Waals surface area contributed by atoms with E-state index in [9.17, 15) is 10.1 Å². The highest BCUT2D eigenvalue weighted by molar-refractivity contribution is 5.71. The van der Waals surface area contributed by atoms with Crippen LogP contribution in [0.3, 0.4) is 0 Å². The van der Waals surface area contributed by atoms with Crippen LogP contribution in [0.1, 0.15) is 22.5 Å². The number of non-ortho nitro benzene ring substituents is 1. The summed E-state index contributed by atoms with van der Waals surface area (Å²) in [5.74, 6) is 0. The van der Waals surface area contributed by atoms with Gasteiger partial charge in [0.2, 0.25) is 0 Å². The highest BCUT2D eigenvalue weighted by atomic mass is 16.6. The summed E-state index contributed by atoms with van der Waals surface area (Å²) in [5.41, 5.74) is 4.93. The van der Waals surface area contributed by atoms with Gasteiger partial charge < -0.3 is 4.90 Å². The number of hydrogen-bond acceptors (Lipinski definition) is 4. The SMILES string of the molecule is CN(C)c1ccc(/C=C/c2cccc(/C=C/c3ccc([N+](=O)[O-])cc3)n2)cc1. The molecule has 5 nitrogen and oxygen atoms in total. The van der Waals surface area contributed by atoms with Crippen molar-refractivity contribution in [2.75, 3.05) is 19.0 Å². The summed E-state index contributed by atoms with van der Waals surface area (Å²) in [6.07, 6.45) is 7.80. The van der Waals surface area contributed by atoms with E-state index >= 15 is 0 Å². The van der Waals surface area contributed by atoms with E-state index in [0.29, 0.717) is 0 Å². The van der Waals surface area contributed by atoms with Crippen molar-refractivity contribution in [3.63, 3.8) is 0 Å².